The van der Waals surface area contributed by atoms with Crippen LogP contribution in [0.3, 0.4) is 0 Å². The molecule has 0 radical (unpaired) electrons. The molecule has 0 bridgehead atoms. The zero-order chi connectivity index (χ0) is 13.6. The number of nitrogens with two attached hydrogens (primary N) is 2. The third kappa shape index (κ3) is 10.8. The number of hydrogen-bond acceptors (Lipinski definition) is 6. The normalized spacial score (nSPS) is 11.0. The first-order chi connectivity index (χ1) is 8.70. The number of esters is 2. The van der Waals surface area contributed by atoms with Crippen molar-refractivity contribution in [1.82, 2.24) is 0 Å². The van der Waals surface area contributed by atoms with Gasteiger partial charge in [0, 0.05) is 12.2 Å². The Labute approximate surface area is 107 Å². The molecule has 0 aliphatic rings. The van der Waals surface area contributed by atoms with Crippen molar-refractivity contribution >= 4 is 11.9 Å². The molecular weight excluding hydrogens is 236 g/mol. The van der Waals surface area contributed by atoms with Crippen LogP contribution in [0.1, 0.15) is 12.8 Å². The molecule has 0 atom stereocenters. The van der Waals surface area contributed by atoms with Crippen LogP contribution in [-0.4, -0.2) is 38.2 Å². The van der Waals surface area contributed by atoms with E-state index in [1.54, 1.807) is 0 Å². The number of carbonyl (C=O) groups is 2. The van der Waals surface area contributed by atoms with E-state index in [9.17, 15) is 9.59 Å². The summed E-state index contributed by atoms with van der Waals surface area (Å²) in [6.45, 7) is 1.55. The van der Waals surface area contributed by atoms with Crippen molar-refractivity contribution in [3.63, 3.8) is 0 Å². The second-order valence-electron chi connectivity index (χ2n) is 3.34. The molecule has 0 amide bonds. The van der Waals surface area contributed by atoms with Crippen LogP contribution in [0.2, 0.25) is 0 Å². The summed E-state index contributed by atoms with van der Waals surface area (Å²) in [7, 11) is 0. The topological polar surface area (TPSA) is 105 Å². The molecule has 4 N–H and O–H groups in total. The van der Waals surface area contributed by atoms with Gasteiger partial charge in [-0.3, -0.25) is 0 Å². The predicted molar refractivity (Wildman–Crippen MR) is 67.5 cm³/mol. The van der Waals surface area contributed by atoms with Crippen molar-refractivity contribution in [3.05, 3.63) is 24.3 Å². The molecular formula is C12H20N2O4. The summed E-state index contributed by atoms with van der Waals surface area (Å²) in [5.41, 5.74) is 10.5. The number of rotatable bonds is 9. The summed E-state index contributed by atoms with van der Waals surface area (Å²) < 4.78 is 9.60. The van der Waals surface area contributed by atoms with Crippen LogP contribution in [0.5, 0.6) is 0 Å². The van der Waals surface area contributed by atoms with E-state index in [0.29, 0.717) is 39.1 Å². The summed E-state index contributed by atoms with van der Waals surface area (Å²) in [6.07, 6.45) is 6.52. The van der Waals surface area contributed by atoms with Gasteiger partial charge in [0.2, 0.25) is 0 Å². The Kier molecular flexibility index (Phi) is 10.7. The average Bonchev–Trinajstić information content (AvgIpc) is 2.35. The maximum absolute atomic E-state index is 11.1. The lowest BCUT2D eigenvalue weighted by Crippen LogP contribution is -2.08. The van der Waals surface area contributed by atoms with Gasteiger partial charge in [0.15, 0.2) is 0 Å². The van der Waals surface area contributed by atoms with E-state index in [2.05, 4.69) is 0 Å². The fourth-order valence-electron chi connectivity index (χ4n) is 0.877. The first-order valence-electron chi connectivity index (χ1n) is 5.79. The van der Waals surface area contributed by atoms with E-state index in [1.165, 1.54) is 24.3 Å². The molecule has 0 saturated heterocycles. The predicted octanol–water partition coefficient (Wildman–Crippen LogP) is -0.117. The van der Waals surface area contributed by atoms with Gasteiger partial charge in [0.05, 0.1) is 13.2 Å². The van der Waals surface area contributed by atoms with Crippen molar-refractivity contribution in [2.24, 2.45) is 11.5 Å². The van der Waals surface area contributed by atoms with Crippen LogP contribution >= 0.6 is 0 Å². The lowest BCUT2D eigenvalue weighted by atomic mass is 10.4. The molecule has 6 heteroatoms. The Morgan fingerprint density at radius 3 is 1.56 bits per heavy atom. The summed E-state index contributed by atoms with van der Waals surface area (Å²) in [6, 6.07) is 0. The summed E-state index contributed by atoms with van der Waals surface area (Å²) in [5, 5.41) is 0. The fourth-order valence-corrected chi connectivity index (χ4v) is 0.877. The van der Waals surface area contributed by atoms with Crippen LogP contribution in [0, 0.1) is 0 Å². The minimum atomic E-state index is -0.468. The van der Waals surface area contributed by atoms with Crippen LogP contribution in [0.25, 0.3) is 0 Å². The Hall–Kier alpha value is -1.66. The van der Waals surface area contributed by atoms with Crippen LogP contribution < -0.4 is 11.5 Å². The van der Waals surface area contributed by atoms with Gasteiger partial charge in [-0.1, -0.05) is 12.2 Å². The van der Waals surface area contributed by atoms with Crippen LogP contribution in [-0.2, 0) is 19.1 Å². The van der Waals surface area contributed by atoms with Gasteiger partial charge >= 0.3 is 11.9 Å². The lowest BCUT2D eigenvalue weighted by molar-refractivity contribution is -0.138. The molecule has 0 rings (SSSR count). The van der Waals surface area contributed by atoms with Gasteiger partial charge < -0.3 is 20.9 Å². The van der Waals surface area contributed by atoms with E-state index in [0.717, 1.165) is 0 Å². The number of allylic oxidation sites excluding steroid dienone is 2. The highest BCUT2D eigenvalue weighted by atomic mass is 16.5. The SMILES string of the molecule is NCCCOC(=O)/C=C/C=C/C(=O)OCCCN. The van der Waals surface area contributed by atoms with Gasteiger partial charge in [0.1, 0.15) is 0 Å². The molecule has 102 valence electrons. The van der Waals surface area contributed by atoms with E-state index < -0.39 is 11.9 Å². The molecule has 0 heterocycles. The minimum Gasteiger partial charge on any atom is -0.462 e. The monoisotopic (exact) mass is 256 g/mol. The summed E-state index contributed by atoms with van der Waals surface area (Å²) >= 11 is 0. The van der Waals surface area contributed by atoms with Crippen LogP contribution in [0.4, 0.5) is 0 Å². The third-order valence-corrected chi connectivity index (χ3v) is 1.76. The smallest absolute Gasteiger partial charge is 0.330 e. The fraction of sp³-hybridized carbons (Fsp3) is 0.500. The van der Waals surface area contributed by atoms with Gasteiger partial charge in [-0.15, -0.1) is 0 Å². The lowest BCUT2D eigenvalue weighted by Gasteiger charge is -1.98. The van der Waals surface area contributed by atoms with Gasteiger partial charge in [0.25, 0.3) is 0 Å². The Morgan fingerprint density at radius 2 is 1.22 bits per heavy atom. The van der Waals surface area contributed by atoms with E-state index >= 15 is 0 Å². The molecule has 0 fully saturated rings. The van der Waals surface area contributed by atoms with E-state index in [4.69, 9.17) is 20.9 Å². The van der Waals surface area contributed by atoms with Crippen molar-refractivity contribution < 1.29 is 19.1 Å². The Morgan fingerprint density at radius 1 is 0.833 bits per heavy atom. The summed E-state index contributed by atoms with van der Waals surface area (Å²) in [5.74, 6) is -0.936. The Bertz CT molecular complexity index is 270. The minimum absolute atomic E-state index is 0.296. The van der Waals surface area contributed by atoms with Gasteiger partial charge in [-0.25, -0.2) is 9.59 Å². The molecule has 0 aliphatic heterocycles. The van der Waals surface area contributed by atoms with Crippen molar-refractivity contribution in [2.45, 2.75) is 12.8 Å². The van der Waals surface area contributed by atoms with Gasteiger partial charge in [-0.2, -0.15) is 0 Å². The Balaban J connectivity index is 3.72. The molecule has 0 saturated carbocycles. The molecule has 0 aromatic rings. The number of ether oxygens (including phenoxy) is 2. The van der Waals surface area contributed by atoms with Crippen molar-refractivity contribution in [1.29, 1.82) is 0 Å². The largest absolute Gasteiger partial charge is 0.462 e. The molecule has 0 aromatic heterocycles. The second-order valence-corrected chi connectivity index (χ2v) is 3.34. The maximum atomic E-state index is 11.1. The van der Waals surface area contributed by atoms with Crippen molar-refractivity contribution in [3.8, 4) is 0 Å². The highest BCUT2D eigenvalue weighted by molar-refractivity contribution is 5.84. The number of carbonyl (C=O) groups excluding carboxylic acids is 2. The average molecular weight is 256 g/mol. The molecule has 0 unspecified atom stereocenters. The zero-order valence-corrected chi connectivity index (χ0v) is 10.3. The second kappa shape index (κ2) is 11.8. The number of hydrogen-bond donors (Lipinski definition) is 2. The maximum Gasteiger partial charge on any atom is 0.330 e. The molecule has 0 aliphatic carbocycles. The van der Waals surface area contributed by atoms with E-state index in [-0.39, 0.29) is 0 Å². The highest BCUT2D eigenvalue weighted by Gasteiger charge is 1.95. The molecule has 0 spiro atoms. The standard InChI is InChI=1S/C12H20N2O4/c13-7-3-9-17-11(15)5-1-2-6-12(16)18-10-4-8-14/h1-2,5-6H,3-4,7-10,13-14H2/b5-1+,6-2+. The van der Waals surface area contributed by atoms with Crippen molar-refractivity contribution in [2.75, 3.05) is 26.3 Å². The first kappa shape index (κ1) is 16.3. The van der Waals surface area contributed by atoms with E-state index in [1.807, 2.05) is 0 Å². The molecule has 6 nitrogen and oxygen atoms in total. The molecule has 18 heavy (non-hydrogen) atoms. The van der Waals surface area contributed by atoms with Crippen LogP contribution in [0.15, 0.2) is 24.3 Å². The zero-order valence-electron chi connectivity index (χ0n) is 10.3. The first-order valence-corrected chi connectivity index (χ1v) is 5.79. The highest BCUT2D eigenvalue weighted by Crippen LogP contribution is 1.88. The molecule has 0 aromatic carbocycles. The van der Waals surface area contributed by atoms with Gasteiger partial charge in [-0.05, 0) is 25.9 Å². The quantitative estimate of drug-likeness (QED) is 0.258. The summed E-state index contributed by atoms with van der Waals surface area (Å²) in [4.78, 5) is 22.1. The third-order valence-electron chi connectivity index (χ3n) is 1.76.